The number of rotatable bonds is 4. The van der Waals surface area contributed by atoms with Crippen molar-refractivity contribution in [3.8, 4) is 5.69 Å². The van der Waals surface area contributed by atoms with Crippen LogP contribution in [0.2, 0.25) is 5.02 Å². The molecule has 0 aliphatic heterocycles. The van der Waals surface area contributed by atoms with Gasteiger partial charge in [-0.05, 0) is 54.7 Å². The van der Waals surface area contributed by atoms with Crippen LogP contribution in [0.25, 0.3) is 5.69 Å². The molecule has 138 valence electrons. The fourth-order valence-corrected chi connectivity index (χ4v) is 3.37. The van der Waals surface area contributed by atoms with E-state index < -0.39 is 11.6 Å². The quantitative estimate of drug-likeness (QED) is 0.717. The van der Waals surface area contributed by atoms with Crippen molar-refractivity contribution in [2.24, 2.45) is 0 Å². The Kier molecular flexibility index (Phi) is 4.66. The standard InChI is InChI=1S/C20H16ClF2N3O/c21-14-3-1-12(2-4-14)13-9-16(10-13)24-20(27)18-7-8-26(25-18)19-11-15(22)5-6-17(19)23/h1-8,11,13,16H,9-10H2,(H,24,27). The Morgan fingerprint density at radius 3 is 2.59 bits per heavy atom. The number of nitrogens with zero attached hydrogens (tertiary/aromatic N) is 2. The minimum Gasteiger partial charge on any atom is -0.348 e. The van der Waals surface area contributed by atoms with Crippen LogP contribution in [0.15, 0.2) is 54.7 Å². The summed E-state index contributed by atoms with van der Waals surface area (Å²) in [6.07, 6.45) is 3.11. The summed E-state index contributed by atoms with van der Waals surface area (Å²) in [5, 5.41) is 7.69. The maximum absolute atomic E-state index is 13.8. The Balaban J connectivity index is 1.38. The minimum atomic E-state index is -0.615. The summed E-state index contributed by atoms with van der Waals surface area (Å²) in [5.41, 5.74) is 1.32. The van der Waals surface area contributed by atoms with Crippen LogP contribution in [0.5, 0.6) is 0 Å². The number of amides is 1. The van der Waals surface area contributed by atoms with Crippen LogP contribution in [0.1, 0.15) is 34.8 Å². The highest BCUT2D eigenvalue weighted by atomic mass is 35.5. The van der Waals surface area contributed by atoms with Gasteiger partial charge in [0.15, 0.2) is 5.69 Å². The molecular weight excluding hydrogens is 372 g/mol. The Morgan fingerprint density at radius 1 is 1.11 bits per heavy atom. The van der Waals surface area contributed by atoms with E-state index in [1.54, 1.807) is 0 Å². The van der Waals surface area contributed by atoms with Gasteiger partial charge in [-0.25, -0.2) is 13.5 Å². The molecule has 3 aromatic rings. The lowest BCUT2D eigenvalue weighted by molar-refractivity contribution is 0.0903. The topological polar surface area (TPSA) is 46.9 Å². The van der Waals surface area contributed by atoms with Crippen LogP contribution in [0, 0.1) is 11.6 Å². The molecule has 1 aromatic heterocycles. The molecule has 7 heteroatoms. The first kappa shape index (κ1) is 17.7. The highest BCUT2D eigenvalue weighted by Gasteiger charge is 2.31. The summed E-state index contributed by atoms with van der Waals surface area (Å²) >= 11 is 5.90. The average molecular weight is 388 g/mol. The first-order valence-corrected chi connectivity index (χ1v) is 8.95. The van der Waals surface area contributed by atoms with E-state index in [1.807, 2.05) is 24.3 Å². The highest BCUT2D eigenvalue weighted by molar-refractivity contribution is 6.30. The van der Waals surface area contributed by atoms with E-state index in [1.165, 1.54) is 17.8 Å². The maximum atomic E-state index is 13.8. The molecule has 27 heavy (non-hydrogen) atoms. The summed E-state index contributed by atoms with van der Waals surface area (Å²) in [7, 11) is 0. The first-order valence-electron chi connectivity index (χ1n) is 8.57. The predicted octanol–water partition coefficient (Wildman–Crippen LogP) is 4.48. The number of carbonyl (C=O) groups is 1. The van der Waals surface area contributed by atoms with Crippen LogP contribution in [-0.2, 0) is 0 Å². The van der Waals surface area contributed by atoms with Crippen LogP contribution < -0.4 is 5.32 Å². The normalized spacial score (nSPS) is 18.8. The molecule has 0 saturated heterocycles. The smallest absolute Gasteiger partial charge is 0.272 e. The number of halogens is 3. The zero-order chi connectivity index (χ0) is 19.0. The van der Waals surface area contributed by atoms with E-state index in [9.17, 15) is 13.6 Å². The van der Waals surface area contributed by atoms with E-state index in [4.69, 9.17) is 11.6 Å². The highest BCUT2D eigenvalue weighted by Crippen LogP contribution is 2.37. The molecule has 0 unspecified atom stereocenters. The second-order valence-corrected chi connectivity index (χ2v) is 7.07. The number of hydrogen-bond acceptors (Lipinski definition) is 2. The number of aromatic nitrogens is 2. The summed E-state index contributed by atoms with van der Waals surface area (Å²) < 4.78 is 28.3. The van der Waals surface area contributed by atoms with E-state index in [0.29, 0.717) is 10.9 Å². The molecule has 1 heterocycles. The summed E-state index contributed by atoms with van der Waals surface area (Å²) in [6, 6.07) is 12.4. The van der Waals surface area contributed by atoms with Gasteiger partial charge in [-0.2, -0.15) is 5.10 Å². The SMILES string of the molecule is O=C(NC1CC(c2ccc(Cl)cc2)C1)c1ccn(-c2cc(F)ccc2F)n1. The molecule has 1 N–H and O–H groups in total. The number of hydrogen-bond donors (Lipinski definition) is 1. The van der Waals surface area contributed by atoms with Gasteiger partial charge in [0.25, 0.3) is 5.91 Å². The van der Waals surface area contributed by atoms with Crippen molar-refractivity contribution in [1.29, 1.82) is 0 Å². The van der Waals surface area contributed by atoms with Crippen LogP contribution in [0.4, 0.5) is 8.78 Å². The third kappa shape index (κ3) is 3.71. The van der Waals surface area contributed by atoms with Crippen molar-refractivity contribution in [2.45, 2.75) is 24.8 Å². The molecule has 1 amide bonds. The fraction of sp³-hybridized carbons (Fsp3) is 0.200. The van der Waals surface area contributed by atoms with Gasteiger partial charge in [0.05, 0.1) is 0 Å². The molecule has 4 rings (SSSR count). The van der Waals surface area contributed by atoms with Crippen molar-refractivity contribution in [1.82, 2.24) is 15.1 Å². The van der Waals surface area contributed by atoms with Gasteiger partial charge in [-0.15, -0.1) is 0 Å². The molecule has 1 aliphatic carbocycles. The fourth-order valence-electron chi connectivity index (χ4n) is 3.24. The monoisotopic (exact) mass is 387 g/mol. The molecule has 0 spiro atoms. The lowest BCUT2D eigenvalue weighted by atomic mass is 9.76. The second-order valence-electron chi connectivity index (χ2n) is 6.63. The van der Waals surface area contributed by atoms with Gasteiger partial charge < -0.3 is 5.32 Å². The molecule has 2 aromatic carbocycles. The molecular formula is C20H16ClF2N3O. The molecule has 0 bridgehead atoms. The van der Waals surface area contributed by atoms with Gasteiger partial charge in [-0.1, -0.05) is 23.7 Å². The average Bonchev–Trinajstić information content (AvgIpc) is 3.11. The minimum absolute atomic E-state index is 0.0412. The Hall–Kier alpha value is -2.73. The number of benzene rings is 2. The van der Waals surface area contributed by atoms with Crippen molar-refractivity contribution < 1.29 is 13.6 Å². The lowest BCUT2D eigenvalue weighted by Gasteiger charge is -2.36. The Bertz CT molecular complexity index is 981. The molecule has 1 saturated carbocycles. The molecule has 0 atom stereocenters. The lowest BCUT2D eigenvalue weighted by Crippen LogP contribution is -2.43. The largest absolute Gasteiger partial charge is 0.348 e. The number of nitrogens with one attached hydrogen (secondary N) is 1. The van der Waals surface area contributed by atoms with Crippen molar-refractivity contribution >= 4 is 17.5 Å². The van der Waals surface area contributed by atoms with Crippen molar-refractivity contribution in [2.75, 3.05) is 0 Å². The number of carbonyl (C=O) groups excluding carboxylic acids is 1. The zero-order valence-corrected chi connectivity index (χ0v) is 15.0. The zero-order valence-electron chi connectivity index (χ0n) is 14.2. The third-order valence-electron chi connectivity index (χ3n) is 4.79. The first-order chi connectivity index (χ1) is 13.0. The van der Waals surface area contributed by atoms with Crippen molar-refractivity contribution in [3.05, 3.63) is 82.6 Å². The van der Waals surface area contributed by atoms with Crippen LogP contribution in [0.3, 0.4) is 0 Å². The summed E-state index contributed by atoms with van der Waals surface area (Å²) in [6.45, 7) is 0. The van der Waals surface area contributed by atoms with Gasteiger partial charge in [-0.3, -0.25) is 4.79 Å². The molecule has 0 radical (unpaired) electrons. The molecule has 4 nitrogen and oxygen atoms in total. The van der Waals surface area contributed by atoms with Crippen molar-refractivity contribution in [3.63, 3.8) is 0 Å². The van der Waals surface area contributed by atoms with E-state index in [2.05, 4.69) is 10.4 Å². The van der Waals surface area contributed by atoms with Gasteiger partial charge in [0, 0.05) is 23.3 Å². The third-order valence-corrected chi connectivity index (χ3v) is 5.04. The Morgan fingerprint density at radius 2 is 1.85 bits per heavy atom. The maximum Gasteiger partial charge on any atom is 0.272 e. The van der Waals surface area contributed by atoms with Gasteiger partial charge in [0.1, 0.15) is 17.3 Å². The predicted molar refractivity (Wildman–Crippen MR) is 98.2 cm³/mol. The molecule has 1 aliphatic rings. The Labute approximate surface area is 159 Å². The van der Waals surface area contributed by atoms with Crippen LogP contribution in [-0.4, -0.2) is 21.7 Å². The molecule has 1 fully saturated rings. The van der Waals surface area contributed by atoms with E-state index >= 15 is 0 Å². The van der Waals surface area contributed by atoms with Gasteiger partial charge in [0.2, 0.25) is 0 Å². The van der Waals surface area contributed by atoms with Gasteiger partial charge >= 0.3 is 0 Å². The van der Waals surface area contributed by atoms with Crippen LogP contribution >= 0.6 is 11.6 Å². The summed E-state index contributed by atoms with van der Waals surface area (Å²) in [4.78, 5) is 12.4. The van der Waals surface area contributed by atoms with E-state index in [-0.39, 0.29) is 23.3 Å². The second kappa shape index (κ2) is 7.12. The summed E-state index contributed by atoms with van der Waals surface area (Å²) in [5.74, 6) is -1.12. The van der Waals surface area contributed by atoms with E-state index in [0.717, 1.165) is 35.7 Å².